The molecule has 2 amide bonds. The van der Waals surface area contributed by atoms with E-state index in [9.17, 15) is 9.59 Å². The van der Waals surface area contributed by atoms with Crippen LogP contribution in [-0.4, -0.2) is 36.3 Å². The maximum absolute atomic E-state index is 13.2. The van der Waals surface area contributed by atoms with E-state index in [4.69, 9.17) is 4.74 Å². The maximum Gasteiger partial charge on any atom is 0.257 e. The number of ether oxygens (including phenoxy) is 1. The van der Waals surface area contributed by atoms with E-state index in [1.807, 2.05) is 49.4 Å². The zero-order chi connectivity index (χ0) is 20.6. The molecule has 1 saturated heterocycles. The number of halogens is 1. The van der Waals surface area contributed by atoms with E-state index in [1.54, 1.807) is 11.0 Å². The average molecular weight is 459 g/mol. The van der Waals surface area contributed by atoms with Gasteiger partial charge in [0.05, 0.1) is 11.5 Å². The second-order valence-electron chi connectivity index (χ2n) is 7.26. The van der Waals surface area contributed by atoms with Gasteiger partial charge in [0.25, 0.3) is 5.91 Å². The molecule has 0 radical (unpaired) electrons. The van der Waals surface area contributed by atoms with Crippen molar-refractivity contribution in [2.45, 2.75) is 32.8 Å². The molecule has 29 heavy (non-hydrogen) atoms. The van der Waals surface area contributed by atoms with Gasteiger partial charge >= 0.3 is 0 Å². The minimum Gasteiger partial charge on any atom is -0.488 e. The fourth-order valence-electron chi connectivity index (χ4n) is 3.48. The van der Waals surface area contributed by atoms with Crippen molar-refractivity contribution in [2.24, 2.45) is 5.92 Å². The van der Waals surface area contributed by atoms with Crippen LogP contribution in [0.2, 0.25) is 0 Å². The molecule has 0 aromatic heterocycles. The molecule has 154 valence electrons. The molecule has 6 heteroatoms. The first kappa shape index (κ1) is 21.4. The Morgan fingerprint density at radius 2 is 1.93 bits per heavy atom. The third-order valence-corrected chi connectivity index (χ3v) is 5.86. The molecule has 0 aliphatic carbocycles. The Labute approximate surface area is 180 Å². The van der Waals surface area contributed by atoms with Gasteiger partial charge in [0.2, 0.25) is 5.91 Å². The summed E-state index contributed by atoms with van der Waals surface area (Å²) in [7, 11) is 0. The van der Waals surface area contributed by atoms with Gasteiger partial charge in [-0.2, -0.15) is 0 Å². The fourth-order valence-corrected chi connectivity index (χ4v) is 3.88. The first-order valence-corrected chi connectivity index (χ1v) is 10.9. The van der Waals surface area contributed by atoms with E-state index in [0.29, 0.717) is 37.6 Å². The van der Waals surface area contributed by atoms with E-state index in [1.165, 1.54) is 0 Å². The number of carbonyl (C=O) groups is 2. The van der Waals surface area contributed by atoms with Crippen molar-refractivity contribution in [2.75, 3.05) is 19.6 Å². The summed E-state index contributed by atoms with van der Waals surface area (Å²) in [5, 5.41) is 2.95. The van der Waals surface area contributed by atoms with Gasteiger partial charge in [0.1, 0.15) is 12.4 Å². The molecule has 1 heterocycles. The SMILES string of the molecule is CCCNC(=O)C1CCCN(C(=O)c2ccccc2OCc2ccccc2Br)C1. The molecule has 1 atom stereocenters. The van der Waals surface area contributed by atoms with Crippen molar-refractivity contribution in [1.82, 2.24) is 10.2 Å². The topological polar surface area (TPSA) is 58.6 Å². The summed E-state index contributed by atoms with van der Waals surface area (Å²) in [6.07, 6.45) is 2.55. The van der Waals surface area contributed by atoms with Gasteiger partial charge in [0, 0.05) is 29.7 Å². The molecule has 1 N–H and O–H groups in total. The van der Waals surface area contributed by atoms with Crippen molar-refractivity contribution in [3.05, 3.63) is 64.1 Å². The van der Waals surface area contributed by atoms with Crippen molar-refractivity contribution in [3.63, 3.8) is 0 Å². The number of benzene rings is 2. The van der Waals surface area contributed by atoms with Crippen molar-refractivity contribution in [1.29, 1.82) is 0 Å². The van der Waals surface area contributed by atoms with E-state index in [-0.39, 0.29) is 17.7 Å². The molecule has 1 fully saturated rings. The van der Waals surface area contributed by atoms with E-state index in [2.05, 4.69) is 21.2 Å². The average Bonchev–Trinajstić information content (AvgIpc) is 2.76. The van der Waals surface area contributed by atoms with Crippen LogP contribution in [0.1, 0.15) is 42.1 Å². The summed E-state index contributed by atoms with van der Waals surface area (Å²) >= 11 is 3.52. The number of piperidine rings is 1. The summed E-state index contributed by atoms with van der Waals surface area (Å²) < 4.78 is 6.96. The van der Waals surface area contributed by atoms with Crippen molar-refractivity contribution < 1.29 is 14.3 Å². The maximum atomic E-state index is 13.2. The monoisotopic (exact) mass is 458 g/mol. The van der Waals surface area contributed by atoms with Crippen LogP contribution in [0.15, 0.2) is 53.0 Å². The Bertz CT molecular complexity index is 856. The van der Waals surface area contributed by atoms with Gasteiger partial charge in [-0.25, -0.2) is 0 Å². The number of nitrogens with one attached hydrogen (secondary N) is 1. The summed E-state index contributed by atoms with van der Waals surface area (Å²) in [5.41, 5.74) is 1.55. The molecule has 5 nitrogen and oxygen atoms in total. The zero-order valence-electron chi connectivity index (χ0n) is 16.7. The van der Waals surface area contributed by atoms with Gasteiger partial charge in [-0.05, 0) is 37.5 Å². The van der Waals surface area contributed by atoms with E-state index in [0.717, 1.165) is 29.3 Å². The number of para-hydroxylation sites is 1. The molecule has 2 aromatic rings. The standard InChI is InChI=1S/C23H27BrN2O3/c1-2-13-25-22(27)17-9-7-14-26(15-17)23(28)19-10-4-6-12-21(19)29-16-18-8-3-5-11-20(18)24/h3-6,8,10-12,17H,2,7,9,13-16H2,1H3,(H,25,27). The Balaban J connectivity index is 1.69. The van der Waals surface area contributed by atoms with Gasteiger partial charge in [-0.1, -0.05) is 53.2 Å². The Morgan fingerprint density at radius 1 is 1.17 bits per heavy atom. The van der Waals surface area contributed by atoms with Crippen molar-refractivity contribution >= 4 is 27.7 Å². The van der Waals surface area contributed by atoms with Crippen LogP contribution >= 0.6 is 15.9 Å². The molecule has 0 bridgehead atoms. The predicted octanol–water partition coefficient (Wildman–Crippen LogP) is 4.41. The van der Waals surface area contributed by atoms with Crippen LogP contribution in [0.4, 0.5) is 0 Å². The molecule has 1 unspecified atom stereocenters. The Morgan fingerprint density at radius 3 is 2.72 bits per heavy atom. The van der Waals surface area contributed by atoms with Gasteiger partial charge in [-0.15, -0.1) is 0 Å². The lowest BCUT2D eigenvalue weighted by molar-refractivity contribution is -0.126. The molecule has 1 aliphatic heterocycles. The minimum atomic E-state index is -0.146. The van der Waals surface area contributed by atoms with Crippen LogP contribution in [0.5, 0.6) is 5.75 Å². The Kier molecular flexibility index (Phi) is 7.69. The fraction of sp³-hybridized carbons (Fsp3) is 0.391. The summed E-state index contributed by atoms with van der Waals surface area (Å²) in [6.45, 7) is 4.19. The van der Waals surface area contributed by atoms with Crippen LogP contribution < -0.4 is 10.1 Å². The number of likely N-dealkylation sites (tertiary alicyclic amines) is 1. The van der Waals surface area contributed by atoms with Crippen LogP contribution in [0.3, 0.4) is 0 Å². The number of hydrogen-bond acceptors (Lipinski definition) is 3. The Hall–Kier alpha value is -2.34. The first-order valence-electron chi connectivity index (χ1n) is 10.1. The second kappa shape index (κ2) is 10.4. The molecule has 2 aromatic carbocycles. The summed E-state index contributed by atoms with van der Waals surface area (Å²) in [6, 6.07) is 15.2. The van der Waals surface area contributed by atoms with Gasteiger partial charge in [-0.3, -0.25) is 9.59 Å². The summed E-state index contributed by atoms with van der Waals surface area (Å²) in [5.74, 6) is 0.377. The minimum absolute atomic E-state index is 0.0443. The van der Waals surface area contributed by atoms with Crippen LogP contribution in [0, 0.1) is 5.92 Å². The first-order chi connectivity index (χ1) is 14.1. The molecule has 3 rings (SSSR count). The number of rotatable bonds is 7. The lowest BCUT2D eigenvalue weighted by atomic mass is 9.96. The highest BCUT2D eigenvalue weighted by Gasteiger charge is 2.29. The van der Waals surface area contributed by atoms with E-state index >= 15 is 0 Å². The number of nitrogens with zero attached hydrogens (tertiary/aromatic N) is 1. The molecular formula is C23H27BrN2O3. The molecule has 0 saturated carbocycles. The molecule has 0 spiro atoms. The normalized spacial score (nSPS) is 16.3. The second-order valence-corrected chi connectivity index (χ2v) is 8.11. The number of carbonyl (C=O) groups excluding carboxylic acids is 2. The quantitative estimate of drug-likeness (QED) is 0.668. The lowest BCUT2D eigenvalue weighted by Gasteiger charge is -2.32. The highest BCUT2D eigenvalue weighted by molar-refractivity contribution is 9.10. The lowest BCUT2D eigenvalue weighted by Crippen LogP contribution is -2.45. The smallest absolute Gasteiger partial charge is 0.257 e. The highest BCUT2D eigenvalue weighted by atomic mass is 79.9. The van der Waals surface area contributed by atoms with Gasteiger partial charge in [0.15, 0.2) is 0 Å². The third kappa shape index (κ3) is 5.60. The predicted molar refractivity (Wildman–Crippen MR) is 117 cm³/mol. The van der Waals surface area contributed by atoms with E-state index < -0.39 is 0 Å². The van der Waals surface area contributed by atoms with Crippen LogP contribution in [0.25, 0.3) is 0 Å². The third-order valence-electron chi connectivity index (χ3n) is 5.09. The highest BCUT2D eigenvalue weighted by Crippen LogP contribution is 2.26. The largest absolute Gasteiger partial charge is 0.488 e. The van der Waals surface area contributed by atoms with Gasteiger partial charge < -0.3 is 15.0 Å². The zero-order valence-corrected chi connectivity index (χ0v) is 18.3. The number of amides is 2. The summed E-state index contributed by atoms with van der Waals surface area (Å²) in [4.78, 5) is 27.3. The van der Waals surface area contributed by atoms with Crippen LogP contribution in [-0.2, 0) is 11.4 Å². The van der Waals surface area contributed by atoms with Crippen molar-refractivity contribution in [3.8, 4) is 5.75 Å². The molecular weight excluding hydrogens is 432 g/mol. The number of hydrogen-bond donors (Lipinski definition) is 1. The molecule has 1 aliphatic rings.